The summed E-state index contributed by atoms with van der Waals surface area (Å²) < 4.78 is 3.79. The number of alkyl halides is 2. The number of rotatable bonds is 4. The maximum absolute atomic E-state index is 11.8. The standard InChI is InChI=1S/C14H12Cl2N2O3/c1-13(8-14(13,15)16)12(20)21-7-11(19)18-10-4-2-9(6-17)3-5-10/h2-5H,7-8H2,1H3,(H,18,19)/t13-/m0/s1. The lowest BCUT2D eigenvalue weighted by molar-refractivity contribution is -0.152. The molecule has 1 aliphatic carbocycles. The lowest BCUT2D eigenvalue weighted by Gasteiger charge is -2.11. The van der Waals surface area contributed by atoms with E-state index in [0.717, 1.165) is 0 Å². The molecule has 0 spiro atoms. The van der Waals surface area contributed by atoms with Gasteiger partial charge in [0.15, 0.2) is 6.61 Å². The molecule has 1 atom stereocenters. The normalized spacial score (nSPS) is 22.0. The number of ether oxygens (including phenoxy) is 1. The molecule has 0 unspecified atom stereocenters. The van der Waals surface area contributed by atoms with Crippen LogP contribution in [0.15, 0.2) is 24.3 Å². The molecule has 5 nitrogen and oxygen atoms in total. The minimum atomic E-state index is -1.12. The fourth-order valence-corrected chi connectivity index (χ4v) is 2.43. The predicted molar refractivity (Wildman–Crippen MR) is 77.9 cm³/mol. The molecule has 1 fully saturated rings. The Balaban J connectivity index is 1.83. The van der Waals surface area contributed by atoms with Crippen molar-refractivity contribution in [2.75, 3.05) is 11.9 Å². The number of halogens is 2. The number of nitriles is 1. The van der Waals surface area contributed by atoms with Crippen LogP contribution in [-0.4, -0.2) is 22.8 Å². The number of carbonyl (C=O) groups is 2. The monoisotopic (exact) mass is 326 g/mol. The molecule has 110 valence electrons. The molecule has 1 amide bonds. The van der Waals surface area contributed by atoms with Gasteiger partial charge in [0.1, 0.15) is 9.75 Å². The molecule has 0 heterocycles. The lowest BCUT2D eigenvalue weighted by Crippen LogP contribution is -2.26. The summed E-state index contributed by atoms with van der Waals surface area (Å²) in [5.41, 5.74) is 0.0450. The van der Waals surface area contributed by atoms with Gasteiger partial charge in [-0.1, -0.05) is 0 Å². The lowest BCUT2D eigenvalue weighted by atomic mass is 10.1. The highest BCUT2D eigenvalue weighted by Gasteiger charge is 2.69. The number of nitrogens with zero attached hydrogens (tertiary/aromatic N) is 1. The number of benzene rings is 1. The first-order valence-corrected chi connectivity index (χ1v) is 6.89. The third kappa shape index (κ3) is 3.29. The highest BCUT2D eigenvalue weighted by atomic mass is 35.5. The van der Waals surface area contributed by atoms with Crippen molar-refractivity contribution >= 4 is 40.8 Å². The summed E-state index contributed by atoms with van der Waals surface area (Å²) in [6.07, 6.45) is 0.305. The van der Waals surface area contributed by atoms with E-state index in [1.807, 2.05) is 6.07 Å². The molecule has 1 saturated carbocycles. The highest BCUT2D eigenvalue weighted by molar-refractivity contribution is 6.53. The van der Waals surface area contributed by atoms with Gasteiger partial charge in [-0.25, -0.2) is 0 Å². The van der Waals surface area contributed by atoms with E-state index < -0.39 is 28.2 Å². The Labute approximate surface area is 131 Å². The Hall–Kier alpha value is -1.77. The van der Waals surface area contributed by atoms with E-state index in [1.165, 1.54) is 0 Å². The molecule has 0 radical (unpaired) electrons. The van der Waals surface area contributed by atoms with Crippen molar-refractivity contribution in [3.63, 3.8) is 0 Å². The second kappa shape index (κ2) is 5.55. The van der Waals surface area contributed by atoms with Crippen molar-refractivity contribution in [1.82, 2.24) is 0 Å². The quantitative estimate of drug-likeness (QED) is 0.681. The third-order valence-corrected chi connectivity index (χ3v) is 4.44. The minimum Gasteiger partial charge on any atom is -0.455 e. The molecule has 0 saturated heterocycles. The second-order valence-corrected chi connectivity index (χ2v) is 6.51. The number of hydrogen-bond acceptors (Lipinski definition) is 4. The smallest absolute Gasteiger partial charge is 0.315 e. The molecule has 1 aliphatic rings. The number of nitrogens with one attached hydrogen (secondary N) is 1. The number of esters is 1. The average molecular weight is 327 g/mol. The van der Waals surface area contributed by atoms with Crippen molar-refractivity contribution in [3.05, 3.63) is 29.8 Å². The molecule has 21 heavy (non-hydrogen) atoms. The zero-order chi connectivity index (χ0) is 15.7. The molecular weight excluding hydrogens is 315 g/mol. The first-order chi connectivity index (χ1) is 9.78. The van der Waals surface area contributed by atoms with Crippen LogP contribution in [-0.2, 0) is 14.3 Å². The van der Waals surface area contributed by atoms with Crippen LogP contribution in [0.4, 0.5) is 5.69 Å². The summed E-state index contributed by atoms with van der Waals surface area (Å²) in [5.74, 6) is -1.07. The van der Waals surface area contributed by atoms with E-state index in [4.69, 9.17) is 33.2 Å². The van der Waals surface area contributed by atoms with Crippen LogP contribution in [0.5, 0.6) is 0 Å². The SMILES string of the molecule is C[C@@]1(C(=O)OCC(=O)Nc2ccc(C#N)cc2)CC1(Cl)Cl. The molecule has 1 N–H and O–H groups in total. The average Bonchev–Trinajstić information content (AvgIpc) is 2.97. The van der Waals surface area contributed by atoms with Crippen molar-refractivity contribution in [2.45, 2.75) is 17.7 Å². The summed E-state index contributed by atoms with van der Waals surface area (Å²) in [7, 11) is 0. The Morgan fingerprint density at radius 3 is 2.43 bits per heavy atom. The molecule has 0 aliphatic heterocycles. The van der Waals surface area contributed by atoms with Crippen LogP contribution >= 0.6 is 23.2 Å². The van der Waals surface area contributed by atoms with Gasteiger partial charge in [-0.15, -0.1) is 23.2 Å². The van der Waals surface area contributed by atoms with Crippen LogP contribution in [0.2, 0.25) is 0 Å². The van der Waals surface area contributed by atoms with Crippen molar-refractivity contribution < 1.29 is 14.3 Å². The molecule has 1 aromatic carbocycles. The summed E-state index contributed by atoms with van der Waals surface area (Å²) in [6.45, 7) is 1.17. The van der Waals surface area contributed by atoms with Gasteiger partial charge in [0.2, 0.25) is 0 Å². The summed E-state index contributed by atoms with van der Waals surface area (Å²) in [6, 6.07) is 8.29. The Morgan fingerprint density at radius 2 is 1.95 bits per heavy atom. The van der Waals surface area contributed by atoms with Crippen LogP contribution < -0.4 is 5.32 Å². The van der Waals surface area contributed by atoms with E-state index in [9.17, 15) is 9.59 Å². The molecule has 2 rings (SSSR count). The number of anilines is 1. The third-order valence-electron chi connectivity index (χ3n) is 3.34. The fourth-order valence-electron chi connectivity index (χ4n) is 1.74. The van der Waals surface area contributed by atoms with E-state index in [0.29, 0.717) is 17.7 Å². The van der Waals surface area contributed by atoms with Gasteiger partial charge in [-0.05, 0) is 31.2 Å². The Bertz CT molecular complexity index is 622. The number of amides is 1. The van der Waals surface area contributed by atoms with Crippen LogP contribution in [0.25, 0.3) is 0 Å². The first kappa shape index (κ1) is 15.6. The number of carbonyl (C=O) groups excluding carboxylic acids is 2. The molecular formula is C14H12Cl2N2O3. The predicted octanol–water partition coefficient (Wildman–Crippen LogP) is 2.62. The van der Waals surface area contributed by atoms with Crippen LogP contribution in [0, 0.1) is 16.7 Å². The molecule has 1 aromatic rings. The van der Waals surface area contributed by atoms with E-state index in [-0.39, 0.29) is 0 Å². The van der Waals surface area contributed by atoms with E-state index >= 15 is 0 Å². The molecule has 7 heteroatoms. The molecule has 0 aromatic heterocycles. The maximum atomic E-state index is 11.8. The topological polar surface area (TPSA) is 79.2 Å². The van der Waals surface area contributed by atoms with Gasteiger partial charge in [0.25, 0.3) is 5.91 Å². The van der Waals surface area contributed by atoms with Crippen molar-refractivity contribution in [1.29, 1.82) is 5.26 Å². The summed E-state index contributed by atoms with van der Waals surface area (Å²) in [4.78, 5) is 23.4. The number of hydrogen-bond donors (Lipinski definition) is 1. The van der Waals surface area contributed by atoms with Crippen LogP contribution in [0.3, 0.4) is 0 Å². The van der Waals surface area contributed by atoms with Gasteiger partial charge in [0, 0.05) is 12.1 Å². The minimum absolute atomic E-state index is 0.305. The van der Waals surface area contributed by atoms with Gasteiger partial charge in [-0.3, -0.25) is 9.59 Å². The van der Waals surface area contributed by atoms with Crippen LogP contribution in [0.1, 0.15) is 18.9 Å². The fraction of sp³-hybridized carbons (Fsp3) is 0.357. The van der Waals surface area contributed by atoms with Gasteiger partial charge < -0.3 is 10.1 Å². The van der Waals surface area contributed by atoms with E-state index in [2.05, 4.69) is 5.32 Å². The highest BCUT2D eigenvalue weighted by Crippen LogP contribution is 2.64. The summed E-state index contributed by atoms with van der Waals surface area (Å²) >= 11 is 11.7. The first-order valence-electron chi connectivity index (χ1n) is 6.13. The largest absolute Gasteiger partial charge is 0.455 e. The Morgan fingerprint density at radius 1 is 1.38 bits per heavy atom. The zero-order valence-corrected chi connectivity index (χ0v) is 12.7. The van der Waals surface area contributed by atoms with E-state index in [1.54, 1.807) is 31.2 Å². The van der Waals surface area contributed by atoms with Crippen molar-refractivity contribution in [2.24, 2.45) is 5.41 Å². The summed E-state index contributed by atoms with van der Waals surface area (Å²) in [5, 5.41) is 11.2. The molecule has 0 bridgehead atoms. The van der Waals surface area contributed by atoms with Gasteiger partial charge in [0.05, 0.1) is 11.6 Å². The van der Waals surface area contributed by atoms with Gasteiger partial charge in [-0.2, -0.15) is 5.26 Å². The zero-order valence-electron chi connectivity index (χ0n) is 11.2. The maximum Gasteiger partial charge on any atom is 0.315 e. The Kier molecular flexibility index (Phi) is 4.13. The van der Waals surface area contributed by atoms with Crippen molar-refractivity contribution in [3.8, 4) is 6.07 Å². The second-order valence-electron chi connectivity index (χ2n) is 5.03. The van der Waals surface area contributed by atoms with Gasteiger partial charge >= 0.3 is 5.97 Å².